The summed E-state index contributed by atoms with van der Waals surface area (Å²) in [6.07, 6.45) is 2.87. The first-order valence-electron chi connectivity index (χ1n) is 15.2. The number of nitrogens with one attached hydrogen (secondary N) is 3. The summed E-state index contributed by atoms with van der Waals surface area (Å²) in [5.74, 6) is -2.00. The summed E-state index contributed by atoms with van der Waals surface area (Å²) in [7, 11) is -7.33. The monoisotopic (exact) mass is 752 g/mol. The number of benzene rings is 2. The highest BCUT2D eigenvalue weighted by Gasteiger charge is 2.24. The van der Waals surface area contributed by atoms with E-state index in [4.69, 9.17) is 30.7 Å². The molecule has 0 spiro atoms. The van der Waals surface area contributed by atoms with Gasteiger partial charge in [0.05, 0.1) is 24.7 Å². The number of carbonyl (C=O) groups is 3. The Balaban J connectivity index is 0.00000114. The third-order valence-corrected chi connectivity index (χ3v) is 6.76. The molecule has 51 heavy (non-hydrogen) atoms. The van der Waals surface area contributed by atoms with Crippen molar-refractivity contribution in [3.63, 3.8) is 0 Å². The van der Waals surface area contributed by atoms with Crippen LogP contribution in [0.3, 0.4) is 0 Å². The van der Waals surface area contributed by atoms with E-state index in [1.807, 2.05) is 13.8 Å². The number of nitrogens with zero attached hydrogens (tertiary/aromatic N) is 1. The molecule has 0 aliphatic carbocycles. The number of rotatable bonds is 13. The quantitative estimate of drug-likeness (QED) is 0.0708. The molecule has 0 aliphatic heterocycles. The molecule has 280 valence electrons. The van der Waals surface area contributed by atoms with E-state index in [0.29, 0.717) is 43.3 Å². The average Bonchev–Trinajstić information content (AvgIpc) is 3.02. The molecule has 10 N–H and O–H groups in total. The van der Waals surface area contributed by atoms with Crippen molar-refractivity contribution in [3.05, 3.63) is 77.0 Å². The van der Waals surface area contributed by atoms with E-state index >= 15 is 0 Å². The zero-order chi connectivity index (χ0) is 39.1. The zero-order valence-electron chi connectivity index (χ0n) is 28.7. The van der Waals surface area contributed by atoms with Crippen LogP contribution in [0.4, 0.5) is 5.69 Å². The van der Waals surface area contributed by atoms with E-state index in [1.54, 1.807) is 43.3 Å². The van der Waals surface area contributed by atoms with Crippen LogP contribution in [0.2, 0.25) is 0 Å². The van der Waals surface area contributed by atoms with Gasteiger partial charge in [-0.1, -0.05) is 26.3 Å². The van der Waals surface area contributed by atoms with Gasteiger partial charge in [-0.15, -0.1) is 0 Å². The highest BCUT2D eigenvalue weighted by molar-refractivity contribution is 7.85. The summed E-state index contributed by atoms with van der Waals surface area (Å²) < 4.78 is 57.2. The molecule has 3 rings (SSSR count). The van der Waals surface area contributed by atoms with Gasteiger partial charge in [-0.05, 0) is 73.8 Å². The van der Waals surface area contributed by atoms with E-state index in [9.17, 15) is 36.3 Å². The van der Waals surface area contributed by atoms with Gasteiger partial charge in [-0.3, -0.25) is 24.1 Å². The molecule has 0 saturated heterocycles. The first-order valence-corrected chi connectivity index (χ1v) is 18.9. The van der Waals surface area contributed by atoms with Gasteiger partial charge in [0.25, 0.3) is 32.1 Å². The number of hydrogen-bond donors (Lipinski definition) is 8. The third-order valence-electron chi connectivity index (χ3n) is 6.76. The Morgan fingerprint density at radius 3 is 1.90 bits per heavy atom. The van der Waals surface area contributed by atoms with Crippen LogP contribution < -0.4 is 26.8 Å². The maximum atomic E-state index is 13.4. The first kappa shape index (κ1) is 44.1. The van der Waals surface area contributed by atoms with E-state index in [0.717, 1.165) is 6.42 Å². The Hall–Kier alpha value is -4.95. The second-order valence-electron chi connectivity index (χ2n) is 11.0. The number of nitrogens with two attached hydrogens (primary N) is 2. The van der Waals surface area contributed by atoms with Gasteiger partial charge in [0.15, 0.2) is 0 Å². The molecule has 0 saturated carbocycles. The number of carbonyl (C=O) groups excluding carboxylic acids is 2. The molecule has 0 fully saturated rings. The molecule has 2 aromatic carbocycles. The standard InChI is InChI=1S/C30H36N6O5.2CH4O3S/c1-4-17(3)24(14-15-31)35-28(37)19-8-11-21(23(16-19)30(39)40)22-12-13-25(41-5-2)36-26(22)29(38)34-20-9-6-18(7-10-20)27(32)33;2*1-5(2,3)4/h6-13,16-17,24H,4-5,14-15,31H2,1-3H3,(H3,32,33)(H,34,38)(H,35,37)(H,39,40);2*1H3,(H,2,3,4). The Kier molecular flexibility index (Phi) is 17.3. The van der Waals surface area contributed by atoms with Gasteiger partial charge in [0, 0.05) is 34.5 Å². The first-order chi connectivity index (χ1) is 23.6. The zero-order valence-corrected chi connectivity index (χ0v) is 30.3. The van der Waals surface area contributed by atoms with Crippen molar-refractivity contribution in [2.24, 2.45) is 17.4 Å². The van der Waals surface area contributed by atoms with Gasteiger partial charge in [-0.25, -0.2) is 9.78 Å². The lowest BCUT2D eigenvalue weighted by Gasteiger charge is -2.24. The number of aromatic nitrogens is 1. The molecule has 3 aromatic rings. The van der Waals surface area contributed by atoms with E-state index in [-0.39, 0.29) is 51.6 Å². The molecule has 0 bridgehead atoms. The smallest absolute Gasteiger partial charge is 0.336 e. The molecule has 2 atom stereocenters. The molecule has 1 heterocycles. The predicted molar refractivity (Wildman–Crippen MR) is 193 cm³/mol. The highest BCUT2D eigenvalue weighted by Crippen LogP contribution is 2.30. The Labute approximate surface area is 296 Å². The van der Waals surface area contributed by atoms with Crippen molar-refractivity contribution in [2.45, 2.75) is 39.7 Å². The largest absolute Gasteiger partial charge is 0.478 e. The summed E-state index contributed by atoms with van der Waals surface area (Å²) in [4.78, 5) is 43.2. The molecule has 0 aliphatic rings. The molecule has 2 unspecified atom stereocenters. The van der Waals surface area contributed by atoms with Gasteiger partial charge in [0.2, 0.25) is 5.88 Å². The minimum absolute atomic E-state index is 0.0638. The second-order valence-corrected chi connectivity index (χ2v) is 13.9. The summed E-state index contributed by atoms with van der Waals surface area (Å²) >= 11 is 0. The SMILES string of the molecule is CCOc1ccc(-c2ccc(C(=O)NC(CCN)C(C)CC)cc2C(=O)O)c(C(=O)Nc2ccc(C(=N)N)cc2)n1.CS(=O)(=O)O.CS(=O)(=O)O. The van der Waals surface area contributed by atoms with Crippen molar-refractivity contribution in [3.8, 4) is 17.0 Å². The Bertz CT molecular complexity index is 1860. The number of amides is 2. The Morgan fingerprint density at radius 2 is 1.43 bits per heavy atom. The summed E-state index contributed by atoms with van der Waals surface area (Å²) in [6, 6.07) is 13.6. The summed E-state index contributed by atoms with van der Waals surface area (Å²) in [5.41, 5.74) is 12.6. The van der Waals surface area contributed by atoms with Gasteiger partial charge >= 0.3 is 5.97 Å². The predicted octanol–water partition coefficient (Wildman–Crippen LogP) is 2.88. The van der Waals surface area contributed by atoms with Crippen molar-refractivity contribution in [1.82, 2.24) is 10.3 Å². The summed E-state index contributed by atoms with van der Waals surface area (Å²) in [5, 5.41) is 23.3. The maximum Gasteiger partial charge on any atom is 0.336 e. The topological polar surface area (TPSA) is 302 Å². The van der Waals surface area contributed by atoms with Crippen LogP contribution in [0, 0.1) is 11.3 Å². The maximum absolute atomic E-state index is 13.4. The lowest BCUT2D eigenvalue weighted by molar-refractivity contribution is 0.0697. The van der Waals surface area contributed by atoms with Crippen molar-refractivity contribution < 1.29 is 50.2 Å². The molecular formula is C32H44N6O11S2. The second kappa shape index (κ2) is 20.0. The number of pyridine rings is 1. The van der Waals surface area contributed by atoms with Crippen LogP contribution in [0.25, 0.3) is 11.1 Å². The number of hydrogen-bond acceptors (Lipinski definition) is 11. The van der Waals surface area contributed by atoms with Crippen LogP contribution in [-0.4, -0.2) is 91.4 Å². The van der Waals surface area contributed by atoms with Crippen LogP contribution in [0.1, 0.15) is 70.4 Å². The van der Waals surface area contributed by atoms with Gasteiger partial charge in [0.1, 0.15) is 11.5 Å². The average molecular weight is 753 g/mol. The minimum Gasteiger partial charge on any atom is -0.478 e. The van der Waals surface area contributed by atoms with Crippen molar-refractivity contribution in [2.75, 3.05) is 31.0 Å². The molecule has 0 radical (unpaired) electrons. The minimum atomic E-state index is -3.67. The number of anilines is 1. The van der Waals surface area contributed by atoms with Crippen LogP contribution in [-0.2, 0) is 20.2 Å². The highest BCUT2D eigenvalue weighted by atomic mass is 32.2. The number of carboxylic acids is 1. The van der Waals surface area contributed by atoms with E-state index < -0.39 is 38.0 Å². The van der Waals surface area contributed by atoms with Gasteiger partial charge in [-0.2, -0.15) is 16.8 Å². The fourth-order valence-corrected chi connectivity index (χ4v) is 4.30. The molecule has 2 amide bonds. The molecular weight excluding hydrogens is 709 g/mol. The normalized spacial score (nSPS) is 12.1. The molecule has 19 heteroatoms. The van der Waals surface area contributed by atoms with Crippen LogP contribution in [0.15, 0.2) is 54.6 Å². The number of carboxylic acid groups (broad SMARTS) is 1. The fourth-order valence-electron chi connectivity index (χ4n) is 4.30. The third kappa shape index (κ3) is 16.5. The number of nitrogen functional groups attached to an aromatic ring is 1. The lowest BCUT2D eigenvalue weighted by atomic mass is 9.94. The van der Waals surface area contributed by atoms with Crippen molar-refractivity contribution >= 4 is 49.5 Å². The van der Waals surface area contributed by atoms with Crippen LogP contribution in [0.5, 0.6) is 5.88 Å². The number of ether oxygens (including phenoxy) is 1. The van der Waals surface area contributed by atoms with E-state index in [2.05, 4.69) is 15.6 Å². The lowest BCUT2D eigenvalue weighted by Crippen LogP contribution is -2.40. The molecule has 1 aromatic heterocycles. The number of amidine groups is 1. The number of aromatic carboxylic acids is 1. The fraction of sp³-hybridized carbons (Fsp3) is 0.344. The molecule has 17 nitrogen and oxygen atoms in total. The van der Waals surface area contributed by atoms with Crippen molar-refractivity contribution in [1.29, 1.82) is 5.41 Å². The van der Waals surface area contributed by atoms with Gasteiger partial charge < -0.3 is 31.9 Å². The summed E-state index contributed by atoms with van der Waals surface area (Å²) in [6.45, 7) is 6.54. The Morgan fingerprint density at radius 1 is 0.902 bits per heavy atom. The van der Waals surface area contributed by atoms with E-state index in [1.165, 1.54) is 18.2 Å². The van der Waals surface area contributed by atoms with Crippen LogP contribution >= 0.6 is 0 Å².